The molecule has 2 rings (SSSR count). The van der Waals surface area contributed by atoms with Crippen LogP contribution < -0.4 is 0 Å². The maximum atomic E-state index is 12.2. The number of carbonyl (C=O) groups excluding carboxylic acids is 1. The predicted octanol–water partition coefficient (Wildman–Crippen LogP) is 2.26. The first-order chi connectivity index (χ1) is 9.95. The molecule has 0 fully saturated rings. The van der Waals surface area contributed by atoms with Gasteiger partial charge in [-0.15, -0.1) is 0 Å². The Hall–Kier alpha value is -1.63. The van der Waals surface area contributed by atoms with E-state index in [0.29, 0.717) is 19.5 Å². The molecule has 2 aromatic heterocycles. The molecule has 1 atom stereocenters. The first kappa shape index (κ1) is 15.8. The highest BCUT2D eigenvalue weighted by atomic mass is 79.9. The van der Waals surface area contributed by atoms with Gasteiger partial charge in [0.2, 0.25) is 5.91 Å². The SMILES string of the molecule is Cc1ccn(C(C)CC(=O)N(C)CCn2cc(Br)cn2)n1. The van der Waals surface area contributed by atoms with E-state index >= 15 is 0 Å². The monoisotopic (exact) mass is 353 g/mol. The van der Waals surface area contributed by atoms with E-state index in [-0.39, 0.29) is 11.9 Å². The van der Waals surface area contributed by atoms with Gasteiger partial charge in [0.25, 0.3) is 0 Å². The predicted molar refractivity (Wildman–Crippen MR) is 83.9 cm³/mol. The Morgan fingerprint density at radius 3 is 2.86 bits per heavy atom. The molecule has 0 aliphatic rings. The van der Waals surface area contributed by atoms with Crippen LogP contribution in [-0.4, -0.2) is 44.0 Å². The van der Waals surface area contributed by atoms with Crippen molar-refractivity contribution in [2.24, 2.45) is 0 Å². The van der Waals surface area contributed by atoms with Crippen molar-refractivity contribution < 1.29 is 4.79 Å². The molecule has 2 aromatic rings. The van der Waals surface area contributed by atoms with Gasteiger partial charge in [0.1, 0.15) is 0 Å². The first-order valence-corrected chi connectivity index (χ1v) is 7.68. The molecule has 114 valence electrons. The third kappa shape index (κ3) is 4.42. The van der Waals surface area contributed by atoms with Crippen LogP contribution in [0.25, 0.3) is 0 Å². The van der Waals surface area contributed by atoms with E-state index in [4.69, 9.17) is 0 Å². The maximum Gasteiger partial charge on any atom is 0.224 e. The zero-order valence-corrected chi connectivity index (χ0v) is 14.1. The molecule has 0 radical (unpaired) electrons. The number of nitrogens with zero attached hydrogens (tertiary/aromatic N) is 5. The number of amides is 1. The van der Waals surface area contributed by atoms with Crippen LogP contribution in [0.2, 0.25) is 0 Å². The van der Waals surface area contributed by atoms with Crippen molar-refractivity contribution in [2.45, 2.75) is 32.9 Å². The van der Waals surface area contributed by atoms with Gasteiger partial charge in [0, 0.05) is 32.4 Å². The number of carbonyl (C=O) groups is 1. The summed E-state index contributed by atoms with van der Waals surface area (Å²) in [6, 6.07) is 2.01. The Morgan fingerprint density at radius 1 is 1.52 bits per heavy atom. The van der Waals surface area contributed by atoms with Gasteiger partial charge in [-0.05, 0) is 35.8 Å². The standard InChI is InChI=1S/C14H20BrN5O/c1-11-4-5-20(17-11)12(2)8-14(21)18(3)6-7-19-10-13(15)9-16-19/h4-5,9-10,12H,6-8H2,1-3H3. The molecule has 0 aliphatic heterocycles. The van der Waals surface area contributed by atoms with Gasteiger partial charge in [0.15, 0.2) is 0 Å². The molecule has 0 saturated carbocycles. The number of hydrogen-bond donors (Lipinski definition) is 0. The molecule has 0 aromatic carbocycles. The van der Waals surface area contributed by atoms with E-state index in [1.807, 2.05) is 48.7 Å². The fourth-order valence-corrected chi connectivity index (χ4v) is 2.35. The second kappa shape index (κ2) is 6.89. The summed E-state index contributed by atoms with van der Waals surface area (Å²) in [7, 11) is 1.82. The van der Waals surface area contributed by atoms with Crippen molar-refractivity contribution in [2.75, 3.05) is 13.6 Å². The lowest BCUT2D eigenvalue weighted by molar-refractivity contribution is -0.130. The molecule has 0 saturated heterocycles. The summed E-state index contributed by atoms with van der Waals surface area (Å²) in [5, 5.41) is 8.52. The third-order valence-corrected chi connectivity index (χ3v) is 3.76. The lowest BCUT2D eigenvalue weighted by Gasteiger charge is -2.20. The zero-order valence-electron chi connectivity index (χ0n) is 12.5. The number of halogens is 1. The lowest BCUT2D eigenvalue weighted by atomic mass is 10.2. The second-order valence-electron chi connectivity index (χ2n) is 5.23. The van der Waals surface area contributed by atoms with Crippen LogP contribution in [0.4, 0.5) is 0 Å². The van der Waals surface area contributed by atoms with Crippen LogP contribution in [0.1, 0.15) is 25.1 Å². The first-order valence-electron chi connectivity index (χ1n) is 6.89. The molecule has 0 bridgehead atoms. The van der Waals surface area contributed by atoms with Crippen molar-refractivity contribution in [3.05, 3.63) is 34.8 Å². The minimum Gasteiger partial charge on any atom is -0.344 e. The third-order valence-electron chi connectivity index (χ3n) is 3.36. The number of hydrogen-bond acceptors (Lipinski definition) is 3. The van der Waals surface area contributed by atoms with Crippen molar-refractivity contribution in [3.8, 4) is 0 Å². The summed E-state index contributed by atoms with van der Waals surface area (Å²) in [4.78, 5) is 13.9. The average molecular weight is 354 g/mol. The van der Waals surface area contributed by atoms with Crippen LogP contribution in [0, 0.1) is 6.92 Å². The molecule has 0 aliphatic carbocycles. The van der Waals surface area contributed by atoms with E-state index in [0.717, 1.165) is 10.2 Å². The van der Waals surface area contributed by atoms with Crippen LogP contribution >= 0.6 is 15.9 Å². The molecule has 1 amide bonds. The highest BCUT2D eigenvalue weighted by Gasteiger charge is 2.15. The molecule has 7 heteroatoms. The van der Waals surface area contributed by atoms with E-state index in [2.05, 4.69) is 26.1 Å². The van der Waals surface area contributed by atoms with E-state index in [1.54, 1.807) is 11.1 Å². The van der Waals surface area contributed by atoms with Crippen LogP contribution in [0.3, 0.4) is 0 Å². The average Bonchev–Trinajstić information content (AvgIpc) is 3.04. The van der Waals surface area contributed by atoms with E-state index < -0.39 is 0 Å². The Kier molecular flexibility index (Phi) is 5.17. The molecule has 0 N–H and O–H groups in total. The van der Waals surface area contributed by atoms with E-state index in [9.17, 15) is 4.79 Å². The largest absolute Gasteiger partial charge is 0.344 e. The summed E-state index contributed by atoms with van der Waals surface area (Å²) < 4.78 is 4.60. The summed E-state index contributed by atoms with van der Waals surface area (Å²) in [5.74, 6) is 0.113. The van der Waals surface area contributed by atoms with Gasteiger partial charge < -0.3 is 4.90 Å². The highest BCUT2D eigenvalue weighted by Crippen LogP contribution is 2.12. The van der Waals surface area contributed by atoms with E-state index in [1.165, 1.54) is 0 Å². The molecular formula is C14H20BrN5O. The van der Waals surface area contributed by atoms with Crippen LogP contribution in [0.5, 0.6) is 0 Å². The molecule has 1 unspecified atom stereocenters. The lowest BCUT2D eigenvalue weighted by Crippen LogP contribution is -2.31. The molecule has 2 heterocycles. The number of aryl methyl sites for hydroxylation is 1. The number of rotatable bonds is 6. The van der Waals surface area contributed by atoms with Gasteiger partial charge >= 0.3 is 0 Å². The van der Waals surface area contributed by atoms with Crippen molar-refractivity contribution in [3.63, 3.8) is 0 Å². The fourth-order valence-electron chi connectivity index (χ4n) is 2.02. The highest BCUT2D eigenvalue weighted by molar-refractivity contribution is 9.10. The van der Waals surface area contributed by atoms with Crippen molar-refractivity contribution in [1.29, 1.82) is 0 Å². The van der Waals surface area contributed by atoms with Crippen LogP contribution in [0.15, 0.2) is 29.1 Å². The summed E-state index contributed by atoms with van der Waals surface area (Å²) in [6.07, 6.45) is 5.99. The second-order valence-corrected chi connectivity index (χ2v) is 6.14. The maximum absolute atomic E-state index is 12.2. The Morgan fingerprint density at radius 2 is 2.29 bits per heavy atom. The molecule has 0 spiro atoms. The minimum atomic E-state index is 0.0625. The number of likely N-dealkylation sites (N-methyl/N-ethyl adjacent to an activating group) is 1. The smallest absolute Gasteiger partial charge is 0.224 e. The fraction of sp³-hybridized carbons (Fsp3) is 0.500. The Bertz CT molecular complexity index is 606. The van der Waals surface area contributed by atoms with Gasteiger partial charge in [-0.2, -0.15) is 10.2 Å². The van der Waals surface area contributed by atoms with Gasteiger partial charge in [-0.25, -0.2) is 0 Å². The molecular weight excluding hydrogens is 334 g/mol. The normalized spacial score (nSPS) is 12.4. The van der Waals surface area contributed by atoms with Gasteiger partial charge in [-0.1, -0.05) is 0 Å². The van der Waals surface area contributed by atoms with Crippen molar-refractivity contribution >= 4 is 21.8 Å². The Balaban J connectivity index is 1.82. The topological polar surface area (TPSA) is 56.0 Å². The zero-order chi connectivity index (χ0) is 15.4. The van der Waals surface area contributed by atoms with Gasteiger partial charge in [-0.3, -0.25) is 14.2 Å². The van der Waals surface area contributed by atoms with Crippen molar-refractivity contribution in [1.82, 2.24) is 24.5 Å². The minimum absolute atomic E-state index is 0.0625. The molecule has 21 heavy (non-hydrogen) atoms. The summed E-state index contributed by atoms with van der Waals surface area (Å²) in [6.45, 7) is 5.27. The number of aromatic nitrogens is 4. The van der Waals surface area contributed by atoms with Crippen LogP contribution in [-0.2, 0) is 11.3 Å². The Labute approximate surface area is 132 Å². The van der Waals surface area contributed by atoms with Gasteiger partial charge in [0.05, 0.1) is 29.0 Å². The quantitative estimate of drug-likeness (QED) is 0.800. The summed E-state index contributed by atoms with van der Waals surface area (Å²) in [5.41, 5.74) is 0.965. The molecule has 6 nitrogen and oxygen atoms in total. The summed E-state index contributed by atoms with van der Waals surface area (Å²) >= 11 is 3.36.